The third-order valence-corrected chi connectivity index (χ3v) is 5.54. The maximum atomic E-state index is 13.0. The molecule has 1 N–H and O–H groups in total. The topological polar surface area (TPSA) is 84.4 Å². The Balaban J connectivity index is 1.23. The first-order chi connectivity index (χ1) is 14.7. The van der Waals surface area contributed by atoms with Gasteiger partial charge in [0.2, 0.25) is 0 Å². The zero-order valence-corrected chi connectivity index (χ0v) is 16.8. The third kappa shape index (κ3) is 3.64. The molecule has 0 radical (unpaired) electrons. The second kappa shape index (κ2) is 7.84. The number of carbonyl (C=O) groups excluding carboxylic acids is 1. The van der Waals surface area contributed by atoms with Gasteiger partial charge in [0.1, 0.15) is 11.1 Å². The van der Waals surface area contributed by atoms with Crippen molar-refractivity contribution in [2.45, 2.75) is 6.42 Å². The van der Waals surface area contributed by atoms with Gasteiger partial charge in [-0.25, -0.2) is 0 Å². The van der Waals surface area contributed by atoms with Crippen molar-refractivity contribution in [3.05, 3.63) is 65.3 Å². The van der Waals surface area contributed by atoms with Gasteiger partial charge in [0.25, 0.3) is 11.9 Å². The van der Waals surface area contributed by atoms with Crippen molar-refractivity contribution in [2.75, 3.05) is 25.0 Å². The first-order valence-corrected chi connectivity index (χ1v) is 10.1. The SMILES string of the molecule is O=C(c1cnoc1-c1ccccc1)N1CC[C@@H](CNc2nc3ccc(Cl)cc3o2)C1. The van der Waals surface area contributed by atoms with Crippen LogP contribution in [-0.4, -0.2) is 40.6 Å². The molecular weight excluding hydrogens is 404 g/mol. The smallest absolute Gasteiger partial charge is 0.295 e. The molecule has 3 heterocycles. The van der Waals surface area contributed by atoms with Gasteiger partial charge in [-0.05, 0) is 24.5 Å². The Kier molecular flexibility index (Phi) is 4.88. The zero-order valence-electron chi connectivity index (χ0n) is 16.0. The monoisotopic (exact) mass is 422 g/mol. The molecule has 30 heavy (non-hydrogen) atoms. The Labute approximate surface area is 177 Å². The highest BCUT2D eigenvalue weighted by Gasteiger charge is 2.30. The van der Waals surface area contributed by atoms with Crippen molar-refractivity contribution >= 4 is 34.6 Å². The van der Waals surface area contributed by atoms with Gasteiger partial charge < -0.3 is 19.2 Å². The molecular formula is C22H19ClN4O3. The highest BCUT2D eigenvalue weighted by molar-refractivity contribution is 6.31. The molecule has 1 atom stereocenters. The minimum Gasteiger partial charge on any atom is -0.424 e. The van der Waals surface area contributed by atoms with E-state index in [1.165, 1.54) is 6.20 Å². The van der Waals surface area contributed by atoms with Crippen LogP contribution in [0.1, 0.15) is 16.8 Å². The number of likely N-dealkylation sites (tertiary alicyclic amines) is 1. The first-order valence-electron chi connectivity index (χ1n) is 9.77. The van der Waals surface area contributed by atoms with Crippen LogP contribution in [0.5, 0.6) is 0 Å². The summed E-state index contributed by atoms with van der Waals surface area (Å²) >= 11 is 5.99. The van der Waals surface area contributed by atoms with Gasteiger partial charge in [0.05, 0.1) is 6.20 Å². The molecule has 2 aromatic carbocycles. The quantitative estimate of drug-likeness (QED) is 0.501. The number of rotatable bonds is 5. The van der Waals surface area contributed by atoms with Crippen molar-refractivity contribution in [3.63, 3.8) is 0 Å². The Bertz CT molecular complexity index is 1190. The van der Waals surface area contributed by atoms with Crippen molar-refractivity contribution < 1.29 is 13.7 Å². The van der Waals surface area contributed by atoms with Crippen LogP contribution in [0.3, 0.4) is 0 Å². The lowest BCUT2D eigenvalue weighted by Gasteiger charge is -2.16. The van der Waals surface area contributed by atoms with Crippen LogP contribution in [-0.2, 0) is 0 Å². The van der Waals surface area contributed by atoms with E-state index in [1.54, 1.807) is 12.1 Å². The summed E-state index contributed by atoms with van der Waals surface area (Å²) in [5, 5.41) is 7.70. The maximum absolute atomic E-state index is 13.0. The predicted molar refractivity (Wildman–Crippen MR) is 113 cm³/mol. The second-order valence-electron chi connectivity index (χ2n) is 7.35. The van der Waals surface area contributed by atoms with Gasteiger partial charge in [-0.1, -0.05) is 47.1 Å². The van der Waals surface area contributed by atoms with Crippen molar-refractivity contribution in [2.24, 2.45) is 5.92 Å². The molecule has 0 bridgehead atoms. The number of amides is 1. The standard InChI is InChI=1S/C22H19ClN4O3/c23-16-6-7-18-19(10-16)29-22(26-18)24-11-14-8-9-27(13-14)21(28)17-12-25-30-20(17)15-4-2-1-3-5-15/h1-7,10,12,14H,8-9,11,13H2,(H,24,26)/t14-/m0/s1. The van der Waals surface area contributed by atoms with E-state index < -0.39 is 0 Å². The minimum atomic E-state index is -0.0610. The predicted octanol–water partition coefficient (Wildman–Crippen LogP) is 4.71. The number of nitrogens with zero attached hydrogens (tertiary/aromatic N) is 3. The number of aromatic nitrogens is 2. The second-order valence-corrected chi connectivity index (χ2v) is 7.79. The molecule has 1 amide bonds. The summed E-state index contributed by atoms with van der Waals surface area (Å²) in [6, 6.07) is 15.4. The molecule has 152 valence electrons. The normalized spacial score (nSPS) is 16.3. The fourth-order valence-corrected chi connectivity index (χ4v) is 3.91. The molecule has 5 rings (SSSR count). The Morgan fingerprint density at radius 1 is 1.23 bits per heavy atom. The van der Waals surface area contributed by atoms with Crippen LogP contribution in [0, 0.1) is 5.92 Å². The highest BCUT2D eigenvalue weighted by atomic mass is 35.5. The van der Waals surface area contributed by atoms with E-state index in [4.69, 9.17) is 20.5 Å². The third-order valence-electron chi connectivity index (χ3n) is 5.30. The highest BCUT2D eigenvalue weighted by Crippen LogP contribution is 2.27. The summed E-state index contributed by atoms with van der Waals surface area (Å²) in [4.78, 5) is 19.3. The molecule has 4 aromatic rings. The summed E-state index contributed by atoms with van der Waals surface area (Å²) in [5.74, 6) is 0.744. The summed E-state index contributed by atoms with van der Waals surface area (Å²) in [6.45, 7) is 2.00. The molecule has 0 aliphatic carbocycles. The molecule has 0 saturated carbocycles. The van der Waals surface area contributed by atoms with E-state index in [-0.39, 0.29) is 5.91 Å². The number of nitrogens with one attached hydrogen (secondary N) is 1. The molecule has 1 saturated heterocycles. The van der Waals surface area contributed by atoms with E-state index in [0.29, 0.717) is 53.5 Å². The average molecular weight is 423 g/mol. The number of hydrogen-bond acceptors (Lipinski definition) is 6. The summed E-state index contributed by atoms with van der Waals surface area (Å²) in [5.41, 5.74) is 2.73. The van der Waals surface area contributed by atoms with Crippen LogP contribution in [0.15, 0.2) is 63.7 Å². The number of fused-ring (bicyclic) bond motifs is 1. The maximum Gasteiger partial charge on any atom is 0.295 e. The zero-order chi connectivity index (χ0) is 20.5. The van der Waals surface area contributed by atoms with Crippen molar-refractivity contribution in [1.29, 1.82) is 0 Å². The van der Waals surface area contributed by atoms with Gasteiger partial charge in [-0.3, -0.25) is 4.79 Å². The van der Waals surface area contributed by atoms with Gasteiger partial charge in [0.15, 0.2) is 11.3 Å². The fraction of sp³-hybridized carbons (Fsp3) is 0.227. The number of benzene rings is 2. The van der Waals surface area contributed by atoms with Crippen LogP contribution in [0.2, 0.25) is 5.02 Å². The van der Waals surface area contributed by atoms with Crippen molar-refractivity contribution in [1.82, 2.24) is 15.0 Å². The molecule has 8 heteroatoms. The van der Waals surface area contributed by atoms with Gasteiger partial charge in [0, 0.05) is 36.3 Å². The lowest BCUT2D eigenvalue weighted by molar-refractivity contribution is 0.0788. The molecule has 1 aliphatic heterocycles. The van der Waals surface area contributed by atoms with Gasteiger partial charge >= 0.3 is 0 Å². The van der Waals surface area contributed by atoms with E-state index in [0.717, 1.165) is 17.5 Å². The summed E-state index contributed by atoms with van der Waals surface area (Å²) in [6.07, 6.45) is 2.40. The van der Waals surface area contributed by atoms with E-state index in [9.17, 15) is 4.79 Å². The number of hydrogen-bond donors (Lipinski definition) is 1. The Hall–Kier alpha value is -3.32. The fourth-order valence-electron chi connectivity index (χ4n) is 3.75. The molecule has 1 aliphatic rings. The number of halogens is 1. The van der Waals surface area contributed by atoms with Crippen molar-refractivity contribution in [3.8, 4) is 11.3 Å². The average Bonchev–Trinajstić information content (AvgIpc) is 3.51. The lowest BCUT2D eigenvalue weighted by Crippen LogP contribution is -2.29. The van der Waals surface area contributed by atoms with Crippen LogP contribution < -0.4 is 5.32 Å². The first kappa shape index (κ1) is 18.7. The molecule has 7 nitrogen and oxygen atoms in total. The minimum absolute atomic E-state index is 0.0610. The Morgan fingerprint density at radius 2 is 2.10 bits per heavy atom. The summed E-state index contributed by atoms with van der Waals surface area (Å²) < 4.78 is 11.1. The van der Waals surface area contributed by atoms with E-state index in [1.807, 2.05) is 41.3 Å². The number of oxazole rings is 1. The summed E-state index contributed by atoms with van der Waals surface area (Å²) in [7, 11) is 0. The number of anilines is 1. The largest absolute Gasteiger partial charge is 0.424 e. The lowest BCUT2D eigenvalue weighted by atomic mass is 10.1. The molecule has 2 aromatic heterocycles. The Morgan fingerprint density at radius 3 is 2.97 bits per heavy atom. The molecule has 0 spiro atoms. The van der Waals surface area contributed by atoms with Crippen LogP contribution in [0.25, 0.3) is 22.4 Å². The van der Waals surface area contributed by atoms with Gasteiger partial charge in [-0.2, -0.15) is 4.98 Å². The van der Waals surface area contributed by atoms with E-state index >= 15 is 0 Å². The van der Waals surface area contributed by atoms with Crippen LogP contribution >= 0.6 is 11.6 Å². The van der Waals surface area contributed by atoms with Crippen LogP contribution in [0.4, 0.5) is 6.01 Å². The van der Waals surface area contributed by atoms with E-state index in [2.05, 4.69) is 15.5 Å². The molecule has 1 fully saturated rings. The number of carbonyl (C=O) groups is 1. The van der Waals surface area contributed by atoms with Gasteiger partial charge in [-0.15, -0.1) is 0 Å². The molecule has 0 unspecified atom stereocenters.